The smallest absolute Gasteiger partial charge is 0.0812 e. The molecular weight excluding hydrogens is 186 g/mol. The molecule has 0 spiro atoms. The maximum Gasteiger partial charge on any atom is 0.0812 e. The Labute approximate surface area is 93.3 Å². The van der Waals surface area contributed by atoms with Gasteiger partial charge in [-0.1, -0.05) is 27.7 Å². The van der Waals surface area contributed by atoms with Gasteiger partial charge >= 0.3 is 0 Å². The molecule has 1 aliphatic rings. The van der Waals surface area contributed by atoms with Crippen LogP contribution in [0.4, 0.5) is 0 Å². The van der Waals surface area contributed by atoms with Crippen LogP contribution in [0.1, 0.15) is 53.4 Å². The quantitative estimate of drug-likeness (QED) is 0.759. The summed E-state index contributed by atoms with van der Waals surface area (Å²) < 4.78 is 0. The molecule has 2 heteroatoms. The van der Waals surface area contributed by atoms with Crippen molar-refractivity contribution in [2.24, 2.45) is 17.3 Å². The number of nitriles is 1. The Bertz CT molecular complexity index is 266. The van der Waals surface area contributed by atoms with E-state index in [0.717, 1.165) is 25.7 Å². The monoisotopic (exact) mass is 209 g/mol. The van der Waals surface area contributed by atoms with Crippen molar-refractivity contribution < 1.29 is 5.11 Å². The van der Waals surface area contributed by atoms with Gasteiger partial charge in [0.25, 0.3) is 0 Å². The van der Waals surface area contributed by atoms with Gasteiger partial charge in [-0.2, -0.15) is 5.26 Å². The molecule has 1 rings (SSSR count). The Morgan fingerprint density at radius 3 is 2.47 bits per heavy atom. The summed E-state index contributed by atoms with van der Waals surface area (Å²) in [6.07, 6.45) is 3.44. The summed E-state index contributed by atoms with van der Waals surface area (Å²) in [5, 5.41) is 19.7. The SMILES string of the molecule is CCC(C#N)C1(O)CC(C)CC(C)(C)C1. The Hall–Kier alpha value is -0.550. The second-order valence-corrected chi connectivity index (χ2v) is 6.05. The molecule has 1 saturated carbocycles. The number of rotatable bonds is 2. The average molecular weight is 209 g/mol. The zero-order chi connectivity index (χ0) is 11.7. The van der Waals surface area contributed by atoms with Crippen molar-refractivity contribution in [2.75, 3.05) is 0 Å². The summed E-state index contributed by atoms with van der Waals surface area (Å²) in [7, 11) is 0. The van der Waals surface area contributed by atoms with Crippen molar-refractivity contribution in [3.05, 3.63) is 0 Å². The normalized spacial score (nSPS) is 36.9. The lowest BCUT2D eigenvalue weighted by Crippen LogP contribution is -2.47. The minimum atomic E-state index is -0.759. The number of aliphatic hydroxyl groups is 1. The van der Waals surface area contributed by atoms with Crippen LogP contribution in [0, 0.1) is 28.6 Å². The van der Waals surface area contributed by atoms with E-state index in [9.17, 15) is 5.11 Å². The molecule has 0 radical (unpaired) electrons. The van der Waals surface area contributed by atoms with Gasteiger partial charge in [0.15, 0.2) is 0 Å². The van der Waals surface area contributed by atoms with Crippen molar-refractivity contribution in [2.45, 2.75) is 59.0 Å². The van der Waals surface area contributed by atoms with Crippen LogP contribution >= 0.6 is 0 Å². The van der Waals surface area contributed by atoms with E-state index in [1.54, 1.807) is 0 Å². The summed E-state index contributed by atoms with van der Waals surface area (Å²) in [6.45, 7) is 8.55. The van der Waals surface area contributed by atoms with Crippen molar-refractivity contribution in [3.63, 3.8) is 0 Å². The van der Waals surface area contributed by atoms with E-state index in [1.165, 1.54) is 0 Å². The zero-order valence-corrected chi connectivity index (χ0v) is 10.4. The highest BCUT2D eigenvalue weighted by Gasteiger charge is 2.45. The molecule has 3 atom stereocenters. The van der Waals surface area contributed by atoms with Crippen molar-refractivity contribution in [1.29, 1.82) is 5.26 Å². The maximum atomic E-state index is 10.6. The van der Waals surface area contributed by atoms with Crippen molar-refractivity contribution >= 4 is 0 Å². The fourth-order valence-corrected chi connectivity index (χ4v) is 3.45. The highest BCUT2D eigenvalue weighted by atomic mass is 16.3. The summed E-state index contributed by atoms with van der Waals surface area (Å²) in [4.78, 5) is 0. The van der Waals surface area contributed by atoms with Gasteiger partial charge in [0.2, 0.25) is 0 Å². The van der Waals surface area contributed by atoms with Gasteiger partial charge in [-0.15, -0.1) is 0 Å². The second-order valence-electron chi connectivity index (χ2n) is 6.05. The van der Waals surface area contributed by atoms with Gasteiger partial charge in [0.1, 0.15) is 0 Å². The molecule has 0 amide bonds. The van der Waals surface area contributed by atoms with Crippen LogP contribution in [0.2, 0.25) is 0 Å². The molecule has 1 fully saturated rings. The molecule has 3 unspecified atom stereocenters. The Balaban J connectivity index is 2.88. The lowest BCUT2D eigenvalue weighted by atomic mass is 9.62. The summed E-state index contributed by atoms with van der Waals surface area (Å²) in [6, 6.07) is 2.27. The fourth-order valence-electron chi connectivity index (χ4n) is 3.45. The molecule has 1 aliphatic carbocycles. The van der Waals surface area contributed by atoms with E-state index in [2.05, 4.69) is 26.8 Å². The van der Waals surface area contributed by atoms with Crippen LogP contribution in [0.3, 0.4) is 0 Å². The van der Waals surface area contributed by atoms with Gasteiger partial charge in [-0.25, -0.2) is 0 Å². The molecule has 2 nitrogen and oxygen atoms in total. The maximum absolute atomic E-state index is 10.6. The second kappa shape index (κ2) is 4.14. The van der Waals surface area contributed by atoms with Crippen LogP contribution in [0.15, 0.2) is 0 Å². The first-order valence-electron chi connectivity index (χ1n) is 5.95. The molecule has 0 aromatic carbocycles. The zero-order valence-electron chi connectivity index (χ0n) is 10.4. The van der Waals surface area contributed by atoms with E-state index in [-0.39, 0.29) is 11.3 Å². The number of nitrogens with zero attached hydrogens (tertiary/aromatic N) is 1. The molecular formula is C13H23NO. The molecule has 0 saturated heterocycles. The lowest BCUT2D eigenvalue weighted by Gasteiger charge is -2.46. The third-order valence-electron chi connectivity index (χ3n) is 3.60. The number of hydrogen-bond donors (Lipinski definition) is 1. The lowest BCUT2D eigenvalue weighted by molar-refractivity contribution is -0.0853. The molecule has 15 heavy (non-hydrogen) atoms. The van der Waals surface area contributed by atoms with E-state index in [4.69, 9.17) is 5.26 Å². The third kappa shape index (κ3) is 2.72. The van der Waals surface area contributed by atoms with Gasteiger partial charge in [0, 0.05) is 0 Å². The van der Waals surface area contributed by atoms with E-state index < -0.39 is 5.60 Å². The minimum absolute atomic E-state index is 0.163. The van der Waals surface area contributed by atoms with Crippen molar-refractivity contribution in [3.8, 4) is 6.07 Å². The highest BCUT2D eigenvalue weighted by Crippen LogP contribution is 2.47. The van der Waals surface area contributed by atoms with E-state index in [0.29, 0.717) is 5.92 Å². The molecule has 0 bridgehead atoms. The first kappa shape index (κ1) is 12.5. The Morgan fingerprint density at radius 1 is 1.47 bits per heavy atom. The van der Waals surface area contributed by atoms with Crippen LogP contribution in [0.25, 0.3) is 0 Å². The Kier molecular flexibility index (Phi) is 3.45. The van der Waals surface area contributed by atoms with Gasteiger partial charge in [0.05, 0.1) is 17.6 Å². The van der Waals surface area contributed by atoms with Gasteiger partial charge in [-0.05, 0) is 37.0 Å². The number of hydrogen-bond acceptors (Lipinski definition) is 2. The molecule has 0 heterocycles. The van der Waals surface area contributed by atoms with Crippen molar-refractivity contribution in [1.82, 2.24) is 0 Å². The van der Waals surface area contributed by atoms with Gasteiger partial charge < -0.3 is 5.11 Å². The Morgan fingerprint density at radius 2 is 2.07 bits per heavy atom. The molecule has 0 aromatic rings. The minimum Gasteiger partial charge on any atom is -0.388 e. The summed E-state index contributed by atoms with van der Waals surface area (Å²) in [5.74, 6) is 0.306. The van der Waals surface area contributed by atoms with Crippen LogP contribution < -0.4 is 0 Å². The fraction of sp³-hybridized carbons (Fsp3) is 0.923. The molecule has 86 valence electrons. The van der Waals surface area contributed by atoms with Crippen LogP contribution in [-0.2, 0) is 0 Å². The average Bonchev–Trinajstić information content (AvgIpc) is 2.00. The summed E-state index contributed by atoms with van der Waals surface area (Å²) >= 11 is 0. The predicted molar refractivity (Wildman–Crippen MR) is 61.1 cm³/mol. The standard InChI is InChI=1S/C13H23NO/c1-5-11(8-14)13(15)7-10(2)6-12(3,4)9-13/h10-11,15H,5-7,9H2,1-4H3. The third-order valence-corrected chi connectivity index (χ3v) is 3.60. The molecule has 0 aliphatic heterocycles. The first-order chi connectivity index (χ1) is 6.83. The van der Waals surface area contributed by atoms with Crippen LogP contribution in [0.5, 0.6) is 0 Å². The highest BCUT2D eigenvalue weighted by molar-refractivity contribution is 5.03. The largest absolute Gasteiger partial charge is 0.388 e. The molecule has 1 N–H and O–H groups in total. The van der Waals surface area contributed by atoms with Crippen LogP contribution in [-0.4, -0.2) is 10.7 Å². The topological polar surface area (TPSA) is 44.0 Å². The summed E-state index contributed by atoms with van der Waals surface area (Å²) in [5.41, 5.74) is -0.596. The predicted octanol–water partition coefficient (Wildman–Crippen LogP) is 3.11. The van der Waals surface area contributed by atoms with E-state index >= 15 is 0 Å². The molecule has 0 aromatic heterocycles. The first-order valence-corrected chi connectivity index (χ1v) is 5.95. The van der Waals surface area contributed by atoms with Gasteiger partial charge in [-0.3, -0.25) is 0 Å². The van der Waals surface area contributed by atoms with E-state index in [1.807, 2.05) is 6.92 Å².